The van der Waals surface area contributed by atoms with E-state index in [2.05, 4.69) is 14.3 Å². The Hall–Kier alpha value is -2.23. The zero-order valence-electron chi connectivity index (χ0n) is 16.2. The van der Waals surface area contributed by atoms with Gasteiger partial charge in [-0.2, -0.15) is 0 Å². The number of nitrogens with one attached hydrogen (secondary N) is 1. The van der Waals surface area contributed by atoms with Crippen LogP contribution in [-0.2, 0) is 14.8 Å². The molecule has 3 heterocycles. The summed E-state index contributed by atoms with van der Waals surface area (Å²) in [6.07, 6.45) is 8.94. The average Bonchev–Trinajstić information content (AvgIpc) is 3.46. The fourth-order valence-corrected chi connectivity index (χ4v) is 5.03. The van der Waals surface area contributed by atoms with E-state index in [4.69, 9.17) is 4.74 Å². The molecule has 0 radical (unpaired) electrons. The molecule has 0 saturated carbocycles. The van der Waals surface area contributed by atoms with Crippen molar-refractivity contribution in [2.45, 2.75) is 42.7 Å². The molecular weight excluding hydrogens is 392 g/mol. The van der Waals surface area contributed by atoms with Crippen molar-refractivity contribution in [2.24, 2.45) is 0 Å². The third-order valence-electron chi connectivity index (χ3n) is 5.61. The van der Waals surface area contributed by atoms with Crippen molar-refractivity contribution in [3.05, 3.63) is 48.5 Å². The number of ether oxygens (including phenoxy) is 1. The van der Waals surface area contributed by atoms with Gasteiger partial charge in [-0.3, -0.25) is 4.79 Å². The molecule has 1 aromatic carbocycles. The molecule has 0 spiro atoms. The van der Waals surface area contributed by atoms with E-state index in [0.717, 1.165) is 25.7 Å². The number of rotatable bonds is 6. The van der Waals surface area contributed by atoms with Gasteiger partial charge < -0.3 is 14.2 Å². The van der Waals surface area contributed by atoms with Gasteiger partial charge in [-0.15, -0.1) is 0 Å². The second-order valence-corrected chi connectivity index (χ2v) is 9.31. The minimum Gasteiger partial charge on any atom is -0.377 e. The number of carbonyl (C=O) groups is 1. The number of aromatic nitrogens is 2. The van der Waals surface area contributed by atoms with Gasteiger partial charge in [0, 0.05) is 50.2 Å². The van der Waals surface area contributed by atoms with Crippen LogP contribution in [-0.4, -0.2) is 61.1 Å². The highest BCUT2D eigenvalue weighted by atomic mass is 32.2. The molecule has 2 aliphatic heterocycles. The minimum absolute atomic E-state index is 0.0774. The number of nitrogens with zero attached hydrogens (tertiary/aromatic N) is 3. The molecule has 2 aromatic rings. The van der Waals surface area contributed by atoms with Gasteiger partial charge in [0.05, 0.1) is 17.3 Å². The van der Waals surface area contributed by atoms with E-state index in [1.807, 2.05) is 6.20 Å². The Morgan fingerprint density at radius 1 is 1.24 bits per heavy atom. The van der Waals surface area contributed by atoms with Crippen molar-refractivity contribution >= 4 is 15.9 Å². The summed E-state index contributed by atoms with van der Waals surface area (Å²) in [5, 5.41) is 0. The molecule has 2 fully saturated rings. The summed E-state index contributed by atoms with van der Waals surface area (Å²) in [6, 6.07) is 6.60. The van der Waals surface area contributed by atoms with Crippen LogP contribution in [0.15, 0.2) is 47.9 Å². The Morgan fingerprint density at radius 3 is 2.76 bits per heavy atom. The number of hydrogen-bond donors (Lipinski definition) is 1. The molecule has 8 nitrogen and oxygen atoms in total. The van der Waals surface area contributed by atoms with Crippen LogP contribution >= 0.6 is 0 Å². The van der Waals surface area contributed by atoms with Gasteiger partial charge in [0.15, 0.2) is 0 Å². The monoisotopic (exact) mass is 418 g/mol. The summed E-state index contributed by atoms with van der Waals surface area (Å²) in [5.41, 5.74) is 0.395. The summed E-state index contributed by atoms with van der Waals surface area (Å²) >= 11 is 0. The van der Waals surface area contributed by atoms with Gasteiger partial charge in [-0.05, 0) is 43.9 Å². The molecule has 1 atom stereocenters. The third-order valence-corrected chi connectivity index (χ3v) is 7.04. The van der Waals surface area contributed by atoms with E-state index in [-0.39, 0.29) is 23.5 Å². The molecule has 2 aliphatic rings. The third kappa shape index (κ3) is 4.68. The van der Waals surface area contributed by atoms with Crippen molar-refractivity contribution in [3.8, 4) is 0 Å². The lowest BCUT2D eigenvalue weighted by Crippen LogP contribution is -2.39. The lowest BCUT2D eigenvalue weighted by atomic mass is 10.0. The first-order valence-electron chi connectivity index (χ1n) is 10.0. The molecular formula is C20H26N4O4S. The fourth-order valence-electron chi connectivity index (χ4n) is 3.92. The van der Waals surface area contributed by atoms with Gasteiger partial charge in [0.2, 0.25) is 10.0 Å². The van der Waals surface area contributed by atoms with Crippen molar-refractivity contribution < 1.29 is 17.9 Å². The lowest BCUT2D eigenvalue weighted by molar-refractivity contribution is 0.0694. The second-order valence-electron chi connectivity index (χ2n) is 7.55. The normalized spacial score (nSPS) is 20.8. The van der Waals surface area contributed by atoms with Crippen LogP contribution in [0.2, 0.25) is 0 Å². The quantitative estimate of drug-likeness (QED) is 0.772. The Labute approximate surface area is 170 Å². The van der Waals surface area contributed by atoms with Crippen molar-refractivity contribution in [2.75, 3.05) is 26.2 Å². The molecule has 1 unspecified atom stereocenters. The molecule has 4 rings (SSSR count). The molecule has 1 amide bonds. The molecule has 156 valence electrons. The van der Waals surface area contributed by atoms with E-state index in [0.29, 0.717) is 31.3 Å². The maximum atomic E-state index is 12.9. The number of piperidine rings is 1. The highest BCUT2D eigenvalue weighted by Gasteiger charge is 2.26. The smallest absolute Gasteiger partial charge is 0.253 e. The summed E-state index contributed by atoms with van der Waals surface area (Å²) in [7, 11) is -3.68. The topological polar surface area (TPSA) is 93.5 Å². The van der Waals surface area contributed by atoms with Crippen LogP contribution in [0.25, 0.3) is 0 Å². The summed E-state index contributed by atoms with van der Waals surface area (Å²) < 4.78 is 35.4. The van der Waals surface area contributed by atoms with E-state index in [1.165, 1.54) is 12.1 Å². The molecule has 9 heteroatoms. The van der Waals surface area contributed by atoms with Crippen LogP contribution in [0, 0.1) is 0 Å². The first-order chi connectivity index (χ1) is 14.0. The summed E-state index contributed by atoms with van der Waals surface area (Å²) in [6.45, 7) is 2.20. The predicted molar refractivity (Wildman–Crippen MR) is 107 cm³/mol. The zero-order chi connectivity index (χ0) is 20.3. The minimum atomic E-state index is -3.68. The maximum absolute atomic E-state index is 12.9. The van der Waals surface area contributed by atoms with Crippen LogP contribution in [0.5, 0.6) is 0 Å². The van der Waals surface area contributed by atoms with E-state index < -0.39 is 10.0 Å². The van der Waals surface area contributed by atoms with Gasteiger partial charge in [-0.1, -0.05) is 6.07 Å². The van der Waals surface area contributed by atoms with Crippen LogP contribution in [0.3, 0.4) is 0 Å². The largest absolute Gasteiger partial charge is 0.377 e. The van der Waals surface area contributed by atoms with Crippen LogP contribution in [0.4, 0.5) is 0 Å². The van der Waals surface area contributed by atoms with Gasteiger partial charge in [0.25, 0.3) is 5.91 Å². The molecule has 0 aliphatic carbocycles. The summed E-state index contributed by atoms with van der Waals surface area (Å²) in [5.74, 6) is -0.134. The molecule has 1 aromatic heterocycles. The highest BCUT2D eigenvalue weighted by molar-refractivity contribution is 7.89. The molecule has 29 heavy (non-hydrogen) atoms. The van der Waals surface area contributed by atoms with E-state index in [1.54, 1.807) is 29.6 Å². The Kier molecular flexibility index (Phi) is 5.98. The second kappa shape index (κ2) is 8.64. The zero-order valence-corrected chi connectivity index (χ0v) is 17.1. The molecule has 0 bridgehead atoms. The first kappa shape index (κ1) is 20.1. The number of hydrogen-bond acceptors (Lipinski definition) is 5. The van der Waals surface area contributed by atoms with Gasteiger partial charge in [0.1, 0.15) is 0 Å². The number of likely N-dealkylation sites (tertiary alicyclic amines) is 1. The Bertz CT molecular complexity index is 931. The Morgan fingerprint density at radius 2 is 2.07 bits per heavy atom. The number of sulfonamides is 1. The first-order valence-corrected chi connectivity index (χ1v) is 11.5. The Balaban J connectivity index is 1.39. The lowest BCUT2D eigenvalue weighted by Gasteiger charge is -2.32. The molecule has 1 N–H and O–H groups in total. The number of carbonyl (C=O) groups excluding carboxylic acids is 1. The molecule has 2 saturated heterocycles. The van der Waals surface area contributed by atoms with Crippen LogP contribution in [0.1, 0.15) is 42.1 Å². The summed E-state index contributed by atoms with van der Waals surface area (Å²) in [4.78, 5) is 18.9. The van der Waals surface area contributed by atoms with Crippen molar-refractivity contribution in [3.63, 3.8) is 0 Å². The maximum Gasteiger partial charge on any atom is 0.253 e. The average molecular weight is 419 g/mol. The van der Waals surface area contributed by atoms with E-state index >= 15 is 0 Å². The SMILES string of the molecule is O=C(c1cccc(S(=O)(=O)NCC2CCCO2)c1)N1CCC(n2ccnc2)CC1. The number of imidazole rings is 1. The van der Waals surface area contributed by atoms with Crippen molar-refractivity contribution in [1.29, 1.82) is 0 Å². The van der Waals surface area contributed by atoms with Crippen molar-refractivity contribution in [1.82, 2.24) is 19.2 Å². The number of amides is 1. The highest BCUT2D eigenvalue weighted by Crippen LogP contribution is 2.24. The van der Waals surface area contributed by atoms with Gasteiger partial charge >= 0.3 is 0 Å². The predicted octanol–water partition coefficient (Wildman–Crippen LogP) is 1.82. The van der Waals surface area contributed by atoms with Gasteiger partial charge in [-0.25, -0.2) is 18.1 Å². The fraction of sp³-hybridized carbons (Fsp3) is 0.500. The number of benzene rings is 1. The van der Waals surface area contributed by atoms with E-state index in [9.17, 15) is 13.2 Å². The standard InChI is InChI=1S/C20H26N4O4S/c25-20(23-9-6-17(7-10-23)24-11-8-21-15-24)16-3-1-5-19(13-16)29(26,27)22-14-18-4-2-12-28-18/h1,3,5,8,11,13,15,17-18,22H,2,4,6-7,9-10,12,14H2. The van der Waals surface area contributed by atoms with Crippen LogP contribution < -0.4 is 4.72 Å².